The third-order valence-corrected chi connectivity index (χ3v) is 2.45. The molecule has 72 valence electrons. The lowest BCUT2D eigenvalue weighted by Gasteiger charge is -1.96. The van der Waals surface area contributed by atoms with Gasteiger partial charge in [0.15, 0.2) is 17.1 Å². The molecular formula is C9H12O3S. The molecule has 13 heavy (non-hydrogen) atoms. The summed E-state index contributed by atoms with van der Waals surface area (Å²) < 4.78 is 10.1. The minimum absolute atomic E-state index is 0.384. The number of rotatable bonds is 6. The maximum atomic E-state index is 10.3. The Morgan fingerprint density at radius 2 is 2.46 bits per heavy atom. The van der Waals surface area contributed by atoms with Crippen LogP contribution < -0.4 is 0 Å². The van der Waals surface area contributed by atoms with Gasteiger partial charge in [-0.2, -0.15) is 0 Å². The Balaban J connectivity index is 2.24. The largest absolute Gasteiger partial charge is 0.447 e. The van der Waals surface area contributed by atoms with Crippen molar-refractivity contribution in [3.63, 3.8) is 0 Å². The molecule has 4 heteroatoms. The van der Waals surface area contributed by atoms with E-state index < -0.39 is 0 Å². The molecule has 0 saturated carbocycles. The predicted octanol–water partition coefficient (Wildman–Crippen LogP) is 2.22. The summed E-state index contributed by atoms with van der Waals surface area (Å²) in [6.45, 7) is 0.758. The Hall–Kier alpha value is -0.740. The first-order valence-electron chi connectivity index (χ1n) is 4.03. The van der Waals surface area contributed by atoms with Crippen LogP contribution in [-0.4, -0.2) is 25.8 Å². The number of aldehydes is 1. The lowest BCUT2D eigenvalue weighted by Crippen LogP contribution is -1.89. The third-order valence-electron chi connectivity index (χ3n) is 1.46. The van der Waals surface area contributed by atoms with Crippen molar-refractivity contribution >= 4 is 18.0 Å². The van der Waals surface area contributed by atoms with Gasteiger partial charge in [0.1, 0.15) is 0 Å². The van der Waals surface area contributed by atoms with Crippen molar-refractivity contribution in [2.75, 3.05) is 19.5 Å². The fraction of sp³-hybridized carbons (Fsp3) is 0.444. The molecule has 0 aliphatic carbocycles. The summed E-state index contributed by atoms with van der Waals surface area (Å²) in [5.41, 5.74) is 0. The molecule has 0 fully saturated rings. The average molecular weight is 200 g/mol. The second-order valence-electron chi connectivity index (χ2n) is 2.47. The SMILES string of the molecule is COCCCSc1ccc(C=O)o1. The van der Waals surface area contributed by atoms with Crippen LogP contribution in [0.2, 0.25) is 0 Å². The topological polar surface area (TPSA) is 39.4 Å². The van der Waals surface area contributed by atoms with Gasteiger partial charge in [0.2, 0.25) is 0 Å². The summed E-state index contributed by atoms with van der Waals surface area (Å²) in [7, 11) is 1.68. The Bertz CT molecular complexity index is 257. The molecule has 0 radical (unpaired) electrons. The van der Waals surface area contributed by atoms with Crippen LogP contribution in [0, 0.1) is 0 Å². The van der Waals surface area contributed by atoms with E-state index >= 15 is 0 Å². The zero-order valence-corrected chi connectivity index (χ0v) is 8.30. The predicted molar refractivity (Wildman–Crippen MR) is 51.3 cm³/mol. The first-order chi connectivity index (χ1) is 6.36. The first-order valence-corrected chi connectivity index (χ1v) is 5.02. The van der Waals surface area contributed by atoms with Crippen LogP contribution >= 0.6 is 11.8 Å². The van der Waals surface area contributed by atoms with Crippen LogP contribution in [-0.2, 0) is 4.74 Å². The van der Waals surface area contributed by atoms with Crippen molar-refractivity contribution in [3.05, 3.63) is 17.9 Å². The standard InChI is InChI=1S/C9H12O3S/c1-11-5-2-6-13-9-4-3-8(7-10)12-9/h3-4,7H,2,5-6H2,1H3. The second-order valence-corrected chi connectivity index (χ2v) is 3.57. The molecule has 0 amide bonds. The Kier molecular flexibility index (Phi) is 4.64. The summed E-state index contributed by atoms with van der Waals surface area (Å²) in [4.78, 5) is 10.3. The zero-order valence-electron chi connectivity index (χ0n) is 7.49. The number of ether oxygens (including phenoxy) is 1. The lowest BCUT2D eigenvalue weighted by molar-refractivity contribution is 0.109. The van der Waals surface area contributed by atoms with Gasteiger partial charge in [0.05, 0.1) is 0 Å². The maximum Gasteiger partial charge on any atom is 0.185 e. The van der Waals surface area contributed by atoms with Crippen LogP contribution in [0.1, 0.15) is 17.0 Å². The minimum Gasteiger partial charge on any atom is -0.447 e. The molecule has 0 aliphatic heterocycles. The molecule has 0 N–H and O–H groups in total. The van der Waals surface area contributed by atoms with Crippen LogP contribution in [0.25, 0.3) is 0 Å². The third kappa shape index (κ3) is 3.65. The van der Waals surface area contributed by atoms with Gasteiger partial charge in [0.25, 0.3) is 0 Å². The summed E-state index contributed by atoms with van der Waals surface area (Å²) in [6, 6.07) is 3.48. The van der Waals surface area contributed by atoms with Gasteiger partial charge in [-0.15, -0.1) is 0 Å². The highest BCUT2D eigenvalue weighted by Gasteiger charge is 2.00. The van der Waals surface area contributed by atoms with E-state index in [-0.39, 0.29) is 0 Å². The summed E-state index contributed by atoms with van der Waals surface area (Å²) in [5, 5.41) is 0.790. The molecule has 0 saturated heterocycles. The van der Waals surface area contributed by atoms with Crippen LogP contribution in [0.5, 0.6) is 0 Å². The molecular weight excluding hydrogens is 188 g/mol. The van der Waals surface area contributed by atoms with Crippen LogP contribution in [0.4, 0.5) is 0 Å². The highest BCUT2D eigenvalue weighted by molar-refractivity contribution is 7.99. The van der Waals surface area contributed by atoms with Gasteiger partial charge >= 0.3 is 0 Å². The van der Waals surface area contributed by atoms with Crippen molar-refractivity contribution in [2.45, 2.75) is 11.5 Å². The Morgan fingerprint density at radius 1 is 1.62 bits per heavy atom. The second kappa shape index (κ2) is 5.83. The van der Waals surface area contributed by atoms with Crippen molar-refractivity contribution in [1.29, 1.82) is 0 Å². The molecule has 1 aromatic rings. The zero-order chi connectivity index (χ0) is 9.52. The molecule has 0 aromatic carbocycles. The average Bonchev–Trinajstić information content (AvgIpc) is 2.60. The molecule has 1 heterocycles. The number of hydrogen-bond acceptors (Lipinski definition) is 4. The highest BCUT2D eigenvalue weighted by atomic mass is 32.2. The van der Waals surface area contributed by atoms with Gasteiger partial charge in [-0.05, 0) is 18.6 Å². The van der Waals surface area contributed by atoms with E-state index in [1.165, 1.54) is 0 Å². The molecule has 1 aromatic heterocycles. The first kappa shape index (κ1) is 10.3. The fourth-order valence-electron chi connectivity index (χ4n) is 0.851. The number of hydrogen-bond donors (Lipinski definition) is 0. The molecule has 0 atom stereocenters. The number of thioether (sulfide) groups is 1. The number of methoxy groups -OCH3 is 1. The van der Waals surface area contributed by atoms with Crippen molar-refractivity contribution in [3.8, 4) is 0 Å². The van der Waals surface area contributed by atoms with Crippen molar-refractivity contribution < 1.29 is 13.9 Å². The molecule has 0 aliphatic rings. The van der Waals surface area contributed by atoms with E-state index in [9.17, 15) is 4.79 Å². The van der Waals surface area contributed by atoms with E-state index in [4.69, 9.17) is 9.15 Å². The van der Waals surface area contributed by atoms with Gasteiger partial charge < -0.3 is 9.15 Å². The van der Waals surface area contributed by atoms with Gasteiger partial charge in [0, 0.05) is 19.5 Å². The van der Waals surface area contributed by atoms with E-state index in [0.717, 1.165) is 23.9 Å². The molecule has 3 nitrogen and oxygen atoms in total. The Morgan fingerprint density at radius 3 is 3.08 bits per heavy atom. The number of carbonyl (C=O) groups excluding carboxylic acids is 1. The summed E-state index contributed by atoms with van der Waals surface area (Å²) >= 11 is 1.59. The van der Waals surface area contributed by atoms with Gasteiger partial charge in [-0.3, -0.25) is 4.79 Å². The Labute approximate surface area is 81.4 Å². The molecule has 1 rings (SSSR count). The molecule has 0 unspecified atom stereocenters. The van der Waals surface area contributed by atoms with Crippen LogP contribution in [0.3, 0.4) is 0 Å². The van der Waals surface area contributed by atoms with Gasteiger partial charge in [-0.25, -0.2) is 0 Å². The normalized spacial score (nSPS) is 10.2. The molecule has 0 bridgehead atoms. The molecule has 0 spiro atoms. The lowest BCUT2D eigenvalue weighted by atomic mass is 10.5. The van der Waals surface area contributed by atoms with Crippen molar-refractivity contribution in [2.24, 2.45) is 0 Å². The quantitative estimate of drug-likeness (QED) is 0.401. The van der Waals surface area contributed by atoms with Crippen LogP contribution in [0.15, 0.2) is 21.6 Å². The highest BCUT2D eigenvalue weighted by Crippen LogP contribution is 2.20. The van der Waals surface area contributed by atoms with E-state index in [1.54, 1.807) is 31.0 Å². The van der Waals surface area contributed by atoms with Gasteiger partial charge in [-0.1, -0.05) is 11.8 Å². The van der Waals surface area contributed by atoms with E-state index in [2.05, 4.69) is 0 Å². The van der Waals surface area contributed by atoms with E-state index in [1.807, 2.05) is 0 Å². The summed E-state index contributed by atoms with van der Waals surface area (Å²) in [5.74, 6) is 1.33. The monoisotopic (exact) mass is 200 g/mol. The number of furan rings is 1. The maximum absolute atomic E-state index is 10.3. The number of carbonyl (C=O) groups is 1. The summed E-state index contributed by atoms with van der Waals surface area (Å²) in [6.07, 6.45) is 1.69. The smallest absolute Gasteiger partial charge is 0.185 e. The van der Waals surface area contributed by atoms with Crippen molar-refractivity contribution in [1.82, 2.24) is 0 Å². The van der Waals surface area contributed by atoms with E-state index in [0.29, 0.717) is 12.0 Å². The fourth-order valence-corrected chi connectivity index (χ4v) is 1.63. The minimum atomic E-state index is 0.384.